The lowest BCUT2D eigenvalue weighted by molar-refractivity contribution is -0.121. The number of rotatable bonds is 6. The molecule has 0 heterocycles. The van der Waals surface area contributed by atoms with Gasteiger partial charge in [0.2, 0.25) is 5.91 Å². The summed E-state index contributed by atoms with van der Waals surface area (Å²) in [6.07, 6.45) is 3.38. The molecular formula is C12H24N2O2. The largest absolute Gasteiger partial charge is 0.393 e. The minimum absolute atomic E-state index is 0.101. The highest BCUT2D eigenvalue weighted by Crippen LogP contribution is 2.24. The third-order valence-electron chi connectivity index (χ3n) is 2.93. The first kappa shape index (κ1) is 13.5. The van der Waals surface area contributed by atoms with Gasteiger partial charge in [0.15, 0.2) is 0 Å². The third kappa shape index (κ3) is 5.47. The number of nitrogens with one attached hydrogen (secondary N) is 2. The molecule has 2 atom stereocenters. The normalized spacial score (nSPS) is 25.0. The van der Waals surface area contributed by atoms with Crippen LogP contribution in [0.15, 0.2) is 0 Å². The maximum atomic E-state index is 11.3. The van der Waals surface area contributed by atoms with Crippen LogP contribution in [0.1, 0.15) is 39.5 Å². The van der Waals surface area contributed by atoms with Gasteiger partial charge in [-0.25, -0.2) is 0 Å². The quantitative estimate of drug-likeness (QED) is 0.585. The molecule has 0 spiro atoms. The Morgan fingerprint density at radius 2 is 2.19 bits per heavy atom. The van der Waals surface area contributed by atoms with E-state index in [4.69, 9.17) is 0 Å². The number of aliphatic hydroxyl groups excluding tert-OH is 1. The summed E-state index contributed by atoms with van der Waals surface area (Å²) >= 11 is 0. The van der Waals surface area contributed by atoms with E-state index < -0.39 is 0 Å². The van der Waals surface area contributed by atoms with Gasteiger partial charge in [0, 0.05) is 19.0 Å². The van der Waals surface area contributed by atoms with Gasteiger partial charge >= 0.3 is 0 Å². The Hall–Kier alpha value is -0.610. The van der Waals surface area contributed by atoms with Gasteiger partial charge in [0.1, 0.15) is 0 Å². The summed E-state index contributed by atoms with van der Waals surface area (Å²) in [5.41, 5.74) is 0. The van der Waals surface area contributed by atoms with E-state index in [2.05, 4.69) is 10.6 Å². The average molecular weight is 228 g/mol. The van der Waals surface area contributed by atoms with E-state index >= 15 is 0 Å². The van der Waals surface area contributed by atoms with Crippen LogP contribution in [0.5, 0.6) is 0 Å². The molecule has 94 valence electrons. The van der Waals surface area contributed by atoms with Crippen molar-refractivity contribution in [3.05, 3.63) is 0 Å². The topological polar surface area (TPSA) is 61.4 Å². The fraction of sp³-hybridized carbons (Fsp3) is 0.917. The average Bonchev–Trinajstić information content (AvgIpc) is 2.58. The SMILES string of the molecule is CC(C)NC(=O)CCNCC1CCC(O)C1. The van der Waals surface area contributed by atoms with Crippen LogP contribution >= 0.6 is 0 Å². The number of aliphatic hydroxyl groups is 1. The summed E-state index contributed by atoms with van der Waals surface area (Å²) in [7, 11) is 0. The fourth-order valence-electron chi connectivity index (χ4n) is 2.14. The molecule has 4 heteroatoms. The van der Waals surface area contributed by atoms with Crippen LogP contribution in [-0.2, 0) is 4.79 Å². The number of hydrogen-bond acceptors (Lipinski definition) is 3. The lowest BCUT2D eigenvalue weighted by Gasteiger charge is -2.11. The van der Waals surface area contributed by atoms with Crippen LogP contribution in [0.2, 0.25) is 0 Å². The Labute approximate surface area is 97.8 Å². The Balaban J connectivity index is 1.97. The molecule has 16 heavy (non-hydrogen) atoms. The van der Waals surface area contributed by atoms with Gasteiger partial charge in [-0.2, -0.15) is 0 Å². The number of amides is 1. The highest BCUT2D eigenvalue weighted by atomic mass is 16.3. The predicted octanol–water partition coefficient (Wildman–Crippen LogP) is 0.652. The molecule has 2 unspecified atom stereocenters. The molecule has 0 aromatic rings. The van der Waals surface area contributed by atoms with Crippen molar-refractivity contribution in [2.24, 2.45) is 5.92 Å². The molecule has 1 aliphatic carbocycles. The minimum atomic E-state index is -0.101. The van der Waals surface area contributed by atoms with Crippen molar-refractivity contribution in [1.29, 1.82) is 0 Å². The van der Waals surface area contributed by atoms with E-state index in [0.717, 1.165) is 32.4 Å². The van der Waals surface area contributed by atoms with Crippen molar-refractivity contribution >= 4 is 5.91 Å². The monoisotopic (exact) mass is 228 g/mol. The molecule has 0 aromatic heterocycles. The Morgan fingerprint density at radius 3 is 2.75 bits per heavy atom. The van der Waals surface area contributed by atoms with Crippen molar-refractivity contribution in [3.8, 4) is 0 Å². The lowest BCUT2D eigenvalue weighted by Crippen LogP contribution is -2.33. The maximum Gasteiger partial charge on any atom is 0.221 e. The molecule has 0 aromatic carbocycles. The maximum absolute atomic E-state index is 11.3. The smallest absolute Gasteiger partial charge is 0.221 e. The molecule has 4 nitrogen and oxygen atoms in total. The van der Waals surface area contributed by atoms with Crippen LogP contribution in [0.4, 0.5) is 0 Å². The minimum Gasteiger partial charge on any atom is -0.393 e. The first-order valence-electron chi connectivity index (χ1n) is 6.26. The van der Waals surface area contributed by atoms with E-state index in [1.54, 1.807) is 0 Å². The van der Waals surface area contributed by atoms with Crippen LogP contribution in [0.3, 0.4) is 0 Å². The summed E-state index contributed by atoms with van der Waals surface area (Å²) in [4.78, 5) is 11.3. The number of hydrogen-bond donors (Lipinski definition) is 3. The van der Waals surface area contributed by atoms with Gasteiger partial charge < -0.3 is 15.7 Å². The summed E-state index contributed by atoms with van der Waals surface area (Å²) < 4.78 is 0. The van der Waals surface area contributed by atoms with Crippen molar-refractivity contribution in [3.63, 3.8) is 0 Å². The van der Waals surface area contributed by atoms with Crippen LogP contribution < -0.4 is 10.6 Å². The molecule has 1 rings (SSSR count). The van der Waals surface area contributed by atoms with Gasteiger partial charge in [-0.3, -0.25) is 4.79 Å². The zero-order valence-corrected chi connectivity index (χ0v) is 10.3. The van der Waals surface area contributed by atoms with Crippen LogP contribution in [-0.4, -0.2) is 36.2 Å². The predicted molar refractivity (Wildman–Crippen MR) is 64.1 cm³/mol. The standard InChI is InChI=1S/C12H24N2O2/c1-9(2)14-12(16)5-6-13-8-10-3-4-11(15)7-10/h9-11,13,15H,3-8H2,1-2H3,(H,14,16). The molecule has 0 saturated heterocycles. The van der Waals surface area contributed by atoms with E-state index in [-0.39, 0.29) is 18.1 Å². The first-order valence-corrected chi connectivity index (χ1v) is 6.26. The second-order valence-corrected chi connectivity index (χ2v) is 5.01. The molecule has 0 radical (unpaired) electrons. The molecular weight excluding hydrogens is 204 g/mol. The fourth-order valence-corrected chi connectivity index (χ4v) is 2.14. The first-order chi connectivity index (χ1) is 7.58. The summed E-state index contributed by atoms with van der Waals surface area (Å²) in [6.45, 7) is 5.58. The summed E-state index contributed by atoms with van der Waals surface area (Å²) in [6, 6.07) is 0.220. The second kappa shape index (κ2) is 6.86. The summed E-state index contributed by atoms with van der Waals surface area (Å²) in [5, 5.41) is 15.5. The molecule has 1 amide bonds. The molecule has 1 aliphatic rings. The third-order valence-corrected chi connectivity index (χ3v) is 2.93. The van der Waals surface area contributed by atoms with E-state index in [9.17, 15) is 9.90 Å². The number of carbonyl (C=O) groups excluding carboxylic acids is 1. The molecule has 3 N–H and O–H groups in total. The lowest BCUT2D eigenvalue weighted by atomic mass is 10.1. The van der Waals surface area contributed by atoms with Gasteiger partial charge in [-0.05, 0) is 45.6 Å². The highest BCUT2D eigenvalue weighted by Gasteiger charge is 2.21. The van der Waals surface area contributed by atoms with Gasteiger partial charge in [0.05, 0.1) is 6.10 Å². The zero-order chi connectivity index (χ0) is 12.0. The zero-order valence-electron chi connectivity index (χ0n) is 10.3. The molecule has 0 bridgehead atoms. The second-order valence-electron chi connectivity index (χ2n) is 5.01. The van der Waals surface area contributed by atoms with Crippen LogP contribution in [0, 0.1) is 5.92 Å². The Kier molecular flexibility index (Phi) is 5.77. The van der Waals surface area contributed by atoms with E-state index in [1.807, 2.05) is 13.8 Å². The van der Waals surface area contributed by atoms with Crippen molar-refractivity contribution in [2.45, 2.75) is 51.7 Å². The van der Waals surface area contributed by atoms with Crippen LogP contribution in [0.25, 0.3) is 0 Å². The number of carbonyl (C=O) groups is 1. The molecule has 1 saturated carbocycles. The molecule has 1 fully saturated rings. The summed E-state index contributed by atoms with van der Waals surface area (Å²) in [5.74, 6) is 0.692. The highest BCUT2D eigenvalue weighted by molar-refractivity contribution is 5.76. The van der Waals surface area contributed by atoms with Gasteiger partial charge in [-0.1, -0.05) is 0 Å². The Bertz CT molecular complexity index is 219. The van der Waals surface area contributed by atoms with Crippen molar-refractivity contribution in [1.82, 2.24) is 10.6 Å². The Morgan fingerprint density at radius 1 is 1.44 bits per heavy atom. The van der Waals surface area contributed by atoms with Crippen molar-refractivity contribution < 1.29 is 9.90 Å². The van der Waals surface area contributed by atoms with E-state index in [0.29, 0.717) is 12.3 Å². The van der Waals surface area contributed by atoms with Gasteiger partial charge in [0.25, 0.3) is 0 Å². The van der Waals surface area contributed by atoms with Crippen molar-refractivity contribution in [2.75, 3.05) is 13.1 Å². The molecule has 0 aliphatic heterocycles. The van der Waals surface area contributed by atoms with Gasteiger partial charge in [-0.15, -0.1) is 0 Å². The van der Waals surface area contributed by atoms with E-state index in [1.165, 1.54) is 0 Å².